The second kappa shape index (κ2) is 7.60. The molecule has 21 heavy (non-hydrogen) atoms. The highest BCUT2D eigenvalue weighted by atomic mass is 32.2. The summed E-state index contributed by atoms with van der Waals surface area (Å²) in [5, 5.41) is 14.2. The summed E-state index contributed by atoms with van der Waals surface area (Å²) >= 11 is 0. The molecule has 2 unspecified atom stereocenters. The van der Waals surface area contributed by atoms with Crippen molar-refractivity contribution in [3.8, 4) is 0 Å². The third-order valence-electron chi connectivity index (χ3n) is 3.56. The van der Waals surface area contributed by atoms with E-state index in [1.54, 1.807) is 0 Å². The van der Waals surface area contributed by atoms with Crippen molar-refractivity contribution in [1.82, 2.24) is 14.9 Å². The first-order chi connectivity index (χ1) is 9.72. The van der Waals surface area contributed by atoms with Crippen LogP contribution in [0.5, 0.6) is 0 Å². The maximum atomic E-state index is 11.7. The van der Waals surface area contributed by atoms with Crippen molar-refractivity contribution in [2.45, 2.75) is 31.7 Å². The van der Waals surface area contributed by atoms with Gasteiger partial charge in [-0.15, -0.1) is 0 Å². The van der Waals surface area contributed by atoms with Gasteiger partial charge in [-0.2, -0.15) is 0 Å². The molecule has 8 nitrogen and oxygen atoms in total. The van der Waals surface area contributed by atoms with E-state index in [0.717, 1.165) is 17.1 Å². The lowest BCUT2D eigenvalue weighted by atomic mass is 9.86. The Morgan fingerprint density at radius 1 is 1.29 bits per heavy atom. The van der Waals surface area contributed by atoms with Gasteiger partial charge in [0.15, 0.2) is 0 Å². The molecule has 122 valence electrons. The summed E-state index contributed by atoms with van der Waals surface area (Å²) in [6, 6.07) is -0.634. The summed E-state index contributed by atoms with van der Waals surface area (Å²) in [7, 11) is -0.466. The highest BCUT2D eigenvalue weighted by Gasteiger charge is 2.27. The number of nitrogens with zero attached hydrogens (tertiary/aromatic N) is 1. The lowest BCUT2D eigenvalue weighted by molar-refractivity contribution is -0.143. The number of rotatable bonds is 6. The van der Waals surface area contributed by atoms with Crippen molar-refractivity contribution < 1.29 is 23.1 Å². The molecule has 0 bridgehead atoms. The van der Waals surface area contributed by atoms with Crippen LogP contribution in [-0.4, -0.2) is 62.3 Å². The van der Waals surface area contributed by atoms with Gasteiger partial charge >= 0.3 is 12.0 Å². The number of urea groups is 1. The first-order valence-corrected chi connectivity index (χ1v) is 8.50. The van der Waals surface area contributed by atoms with Gasteiger partial charge in [0.05, 0.1) is 11.7 Å². The highest BCUT2D eigenvalue weighted by molar-refractivity contribution is 7.89. The lowest BCUT2D eigenvalue weighted by Crippen LogP contribution is -2.46. The summed E-state index contributed by atoms with van der Waals surface area (Å²) in [6.45, 7) is 0.0153. The fourth-order valence-corrected chi connectivity index (χ4v) is 2.98. The number of amides is 2. The lowest BCUT2D eigenvalue weighted by Gasteiger charge is -2.27. The molecule has 1 aliphatic rings. The topological polar surface area (TPSA) is 116 Å². The molecular formula is C12H23N3O5S. The van der Waals surface area contributed by atoms with Crippen LogP contribution in [0.1, 0.15) is 25.7 Å². The second-order valence-electron chi connectivity index (χ2n) is 5.40. The highest BCUT2D eigenvalue weighted by Crippen LogP contribution is 2.24. The number of carboxylic acid groups (broad SMARTS) is 1. The maximum absolute atomic E-state index is 11.7. The number of sulfonamides is 1. The molecular weight excluding hydrogens is 298 g/mol. The first kappa shape index (κ1) is 17.7. The molecule has 0 aromatic carbocycles. The Hall–Kier alpha value is -1.35. The SMILES string of the molecule is CN(C)S(=O)(=O)CCNC(=O)NC1CCCC(C(=O)O)C1. The van der Waals surface area contributed by atoms with Crippen molar-refractivity contribution in [2.24, 2.45) is 5.92 Å². The van der Waals surface area contributed by atoms with Gasteiger partial charge < -0.3 is 15.7 Å². The van der Waals surface area contributed by atoms with Gasteiger partial charge in [0.1, 0.15) is 0 Å². The average Bonchev–Trinajstić information content (AvgIpc) is 2.38. The zero-order valence-corrected chi connectivity index (χ0v) is 13.1. The molecule has 0 aromatic rings. The van der Waals surface area contributed by atoms with Crippen molar-refractivity contribution >= 4 is 22.0 Å². The third-order valence-corrected chi connectivity index (χ3v) is 5.39. The van der Waals surface area contributed by atoms with Crippen LogP contribution < -0.4 is 10.6 Å². The minimum absolute atomic E-state index is 0.0153. The Balaban J connectivity index is 2.32. The van der Waals surface area contributed by atoms with E-state index in [4.69, 9.17) is 5.11 Å². The molecule has 1 saturated carbocycles. The fraction of sp³-hybridized carbons (Fsp3) is 0.833. The molecule has 0 heterocycles. The zero-order chi connectivity index (χ0) is 16.0. The molecule has 1 aliphatic carbocycles. The van der Waals surface area contributed by atoms with E-state index in [1.807, 2.05) is 0 Å². The Morgan fingerprint density at radius 3 is 2.52 bits per heavy atom. The molecule has 9 heteroatoms. The van der Waals surface area contributed by atoms with Crippen molar-refractivity contribution in [3.63, 3.8) is 0 Å². The Morgan fingerprint density at radius 2 is 1.95 bits per heavy atom. The Kier molecular flexibility index (Phi) is 6.41. The molecule has 0 radical (unpaired) electrons. The van der Waals surface area contributed by atoms with Crippen LogP contribution in [0.15, 0.2) is 0 Å². The number of carbonyl (C=O) groups excluding carboxylic acids is 1. The molecule has 0 aliphatic heterocycles. The van der Waals surface area contributed by atoms with E-state index in [2.05, 4.69) is 10.6 Å². The number of aliphatic carboxylic acids is 1. The molecule has 0 saturated heterocycles. The predicted molar refractivity (Wildman–Crippen MR) is 77.4 cm³/mol. The minimum atomic E-state index is -3.33. The Labute approximate surface area is 124 Å². The smallest absolute Gasteiger partial charge is 0.315 e. The maximum Gasteiger partial charge on any atom is 0.315 e. The van der Waals surface area contributed by atoms with E-state index < -0.39 is 27.9 Å². The molecule has 2 atom stereocenters. The summed E-state index contributed by atoms with van der Waals surface area (Å²) in [4.78, 5) is 22.6. The van der Waals surface area contributed by atoms with Crippen molar-refractivity contribution in [1.29, 1.82) is 0 Å². The van der Waals surface area contributed by atoms with E-state index in [-0.39, 0.29) is 18.3 Å². The van der Waals surface area contributed by atoms with Gasteiger partial charge in [0.2, 0.25) is 10.0 Å². The van der Waals surface area contributed by atoms with Crippen LogP contribution in [0.25, 0.3) is 0 Å². The quantitative estimate of drug-likeness (QED) is 0.627. The van der Waals surface area contributed by atoms with E-state index in [9.17, 15) is 18.0 Å². The van der Waals surface area contributed by atoms with Gasteiger partial charge in [-0.05, 0) is 19.3 Å². The molecule has 0 aromatic heterocycles. The summed E-state index contributed by atoms with van der Waals surface area (Å²) in [5.41, 5.74) is 0. The number of hydrogen-bond acceptors (Lipinski definition) is 4. The molecule has 1 fully saturated rings. The molecule has 0 spiro atoms. The predicted octanol–water partition coefficient (Wildman–Crippen LogP) is -0.180. The Bertz CT molecular complexity index is 477. The molecule has 1 rings (SSSR count). The van der Waals surface area contributed by atoms with Gasteiger partial charge in [0.25, 0.3) is 0 Å². The largest absolute Gasteiger partial charge is 0.481 e. The van der Waals surface area contributed by atoms with E-state index >= 15 is 0 Å². The molecule has 3 N–H and O–H groups in total. The van der Waals surface area contributed by atoms with Crippen molar-refractivity contribution in [3.05, 3.63) is 0 Å². The van der Waals surface area contributed by atoms with Crippen molar-refractivity contribution in [2.75, 3.05) is 26.4 Å². The first-order valence-electron chi connectivity index (χ1n) is 6.89. The molecule has 2 amide bonds. The van der Waals surface area contributed by atoms with Crippen LogP contribution in [0.3, 0.4) is 0 Å². The summed E-state index contributed by atoms with van der Waals surface area (Å²) in [5.74, 6) is -1.42. The van der Waals surface area contributed by atoms with Crippen LogP contribution in [0.2, 0.25) is 0 Å². The van der Waals surface area contributed by atoms with Gasteiger partial charge in [-0.1, -0.05) is 6.42 Å². The van der Waals surface area contributed by atoms with E-state index in [1.165, 1.54) is 14.1 Å². The second-order valence-corrected chi connectivity index (χ2v) is 7.70. The monoisotopic (exact) mass is 321 g/mol. The summed E-state index contributed by atoms with van der Waals surface area (Å²) < 4.78 is 24.1. The van der Waals surface area contributed by atoms with Crippen LogP contribution in [0, 0.1) is 5.92 Å². The summed E-state index contributed by atoms with van der Waals surface area (Å²) in [6.07, 6.45) is 2.55. The average molecular weight is 321 g/mol. The normalized spacial score (nSPS) is 22.8. The van der Waals surface area contributed by atoms with E-state index in [0.29, 0.717) is 12.8 Å². The third kappa shape index (κ3) is 5.88. The van der Waals surface area contributed by atoms with Crippen LogP contribution in [0.4, 0.5) is 4.79 Å². The van der Waals surface area contributed by atoms with Gasteiger partial charge in [-0.3, -0.25) is 4.79 Å². The van der Waals surface area contributed by atoms with Gasteiger partial charge in [0, 0.05) is 26.7 Å². The fourth-order valence-electron chi connectivity index (χ4n) is 2.26. The minimum Gasteiger partial charge on any atom is -0.481 e. The number of nitrogens with one attached hydrogen (secondary N) is 2. The number of carboxylic acids is 1. The number of hydrogen-bond donors (Lipinski definition) is 3. The number of carbonyl (C=O) groups is 2. The van der Waals surface area contributed by atoms with Gasteiger partial charge in [-0.25, -0.2) is 17.5 Å². The zero-order valence-electron chi connectivity index (χ0n) is 12.3. The van der Waals surface area contributed by atoms with Crippen LogP contribution >= 0.6 is 0 Å². The van der Waals surface area contributed by atoms with Crippen LogP contribution in [-0.2, 0) is 14.8 Å². The standard InChI is InChI=1S/C12H23N3O5S/c1-15(2)21(19,20)7-6-13-12(18)14-10-5-3-4-9(8-10)11(16)17/h9-10H,3-8H2,1-2H3,(H,16,17)(H2,13,14,18).